The van der Waals surface area contributed by atoms with Gasteiger partial charge in [0.1, 0.15) is 0 Å². The van der Waals surface area contributed by atoms with Crippen LogP contribution in [0.2, 0.25) is 0 Å². The lowest BCUT2D eigenvalue weighted by molar-refractivity contribution is -0.107. The monoisotopic (exact) mass is 260 g/mol. The molecule has 0 N–H and O–H groups in total. The van der Waals surface area contributed by atoms with E-state index in [1.54, 1.807) is 27.6 Å². The number of methoxy groups -OCH3 is 3. The van der Waals surface area contributed by atoms with Gasteiger partial charge in [0.25, 0.3) is 0 Å². The minimum atomic E-state index is -0.0362. The van der Waals surface area contributed by atoms with Gasteiger partial charge < -0.3 is 18.9 Å². The molecule has 0 bridgehead atoms. The Hall–Kier alpha value is -0.580. The van der Waals surface area contributed by atoms with Crippen molar-refractivity contribution in [3.63, 3.8) is 0 Å². The first kappa shape index (κ1) is 17.4. The zero-order chi connectivity index (χ0) is 13.5. The molecular formula is C14H28O4. The summed E-state index contributed by atoms with van der Waals surface area (Å²) in [6.07, 6.45) is 11.9. The fraction of sp³-hybridized carbons (Fsp3) is 0.857. The molecule has 18 heavy (non-hydrogen) atoms. The molecule has 0 aromatic carbocycles. The summed E-state index contributed by atoms with van der Waals surface area (Å²) in [7, 11) is 4.99. The molecule has 0 aliphatic rings. The van der Waals surface area contributed by atoms with Crippen molar-refractivity contribution in [2.45, 2.75) is 51.2 Å². The van der Waals surface area contributed by atoms with Crippen LogP contribution in [0.4, 0.5) is 0 Å². The number of unbranched alkanes of at least 4 members (excludes halogenated alkanes) is 5. The van der Waals surface area contributed by atoms with Crippen LogP contribution in [-0.4, -0.2) is 34.4 Å². The summed E-state index contributed by atoms with van der Waals surface area (Å²) in [5.74, 6) is 0. The molecule has 4 heteroatoms. The first-order chi connectivity index (χ1) is 8.85. The molecule has 0 amide bonds. The van der Waals surface area contributed by atoms with Gasteiger partial charge in [0, 0.05) is 21.3 Å². The third-order valence-corrected chi connectivity index (χ3v) is 2.71. The van der Waals surface area contributed by atoms with Crippen molar-refractivity contribution in [2.24, 2.45) is 0 Å². The number of hydrogen-bond acceptors (Lipinski definition) is 4. The zero-order valence-electron chi connectivity index (χ0n) is 12.0. The predicted molar refractivity (Wildman–Crippen MR) is 72.2 cm³/mol. The third kappa shape index (κ3) is 11.9. The van der Waals surface area contributed by atoms with E-state index >= 15 is 0 Å². The maximum atomic E-state index is 5.14. The molecule has 0 aromatic rings. The Balaban J connectivity index is 3.14. The number of allylic oxidation sites excluding steroid dienone is 1. The second-order valence-electron chi connectivity index (χ2n) is 4.19. The molecular weight excluding hydrogens is 232 g/mol. The summed E-state index contributed by atoms with van der Waals surface area (Å²) < 4.78 is 20.1. The summed E-state index contributed by atoms with van der Waals surface area (Å²) in [4.78, 5) is 0. The summed E-state index contributed by atoms with van der Waals surface area (Å²) in [5, 5.41) is 0. The molecule has 0 rings (SSSR count). The molecule has 0 saturated carbocycles. The molecule has 108 valence electrons. The summed E-state index contributed by atoms with van der Waals surface area (Å²) >= 11 is 0. The van der Waals surface area contributed by atoms with Crippen molar-refractivity contribution in [3.8, 4) is 0 Å². The third-order valence-electron chi connectivity index (χ3n) is 2.71. The average molecular weight is 260 g/mol. The highest BCUT2D eigenvalue weighted by atomic mass is 16.7. The molecule has 0 saturated heterocycles. The Morgan fingerprint density at radius 2 is 1.56 bits per heavy atom. The molecule has 0 aromatic heterocycles. The summed E-state index contributed by atoms with van der Waals surface area (Å²) in [5.41, 5.74) is 0. The lowest BCUT2D eigenvalue weighted by Crippen LogP contribution is -2.12. The lowest BCUT2D eigenvalue weighted by atomic mass is 10.1. The fourth-order valence-corrected chi connectivity index (χ4v) is 1.68. The van der Waals surface area contributed by atoms with E-state index in [1.165, 1.54) is 32.1 Å². The van der Waals surface area contributed by atoms with Crippen LogP contribution < -0.4 is 0 Å². The standard InChI is InChI=1S/C14H28O4/c1-15-13-18-12-10-8-6-4-5-7-9-11-14(16-2)17-3/h10,12,14H,4-9,11,13H2,1-3H3. The van der Waals surface area contributed by atoms with Crippen molar-refractivity contribution in [1.82, 2.24) is 0 Å². The highest BCUT2D eigenvalue weighted by molar-refractivity contribution is 4.72. The van der Waals surface area contributed by atoms with Gasteiger partial charge in [-0.15, -0.1) is 0 Å². The van der Waals surface area contributed by atoms with Gasteiger partial charge in [-0.1, -0.05) is 19.3 Å². The van der Waals surface area contributed by atoms with Gasteiger partial charge in [0.15, 0.2) is 13.1 Å². The van der Waals surface area contributed by atoms with Crippen LogP contribution in [0.25, 0.3) is 0 Å². The van der Waals surface area contributed by atoms with E-state index in [0.717, 1.165) is 12.8 Å². The highest BCUT2D eigenvalue weighted by Crippen LogP contribution is 2.10. The predicted octanol–water partition coefficient (Wildman–Crippen LogP) is 3.47. The van der Waals surface area contributed by atoms with Crippen LogP contribution >= 0.6 is 0 Å². The van der Waals surface area contributed by atoms with E-state index in [4.69, 9.17) is 18.9 Å². The maximum absolute atomic E-state index is 5.14. The topological polar surface area (TPSA) is 36.9 Å². The van der Waals surface area contributed by atoms with Gasteiger partial charge in [-0.2, -0.15) is 0 Å². The van der Waals surface area contributed by atoms with Crippen molar-refractivity contribution in [1.29, 1.82) is 0 Å². The molecule has 0 radical (unpaired) electrons. The molecule has 0 fully saturated rings. The number of hydrogen-bond donors (Lipinski definition) is 0. The van der Waals surface area contributed by atoms with Crippen molar-refractivity contribution in [3.05, 3.63) is 12.3 Å². The molecule has 0 unspecified atom stereocenters. The van der Waals surface area contributed by atoms with Crippen molar-refractivity contribution in [2.75, 3.05) is 28.1 Å². The molecule has 0 atom stereocenters. The van der Waals surface area contributed by atoms with Gasteiger partial charge in [-0.3, -0.25) is 0 Å². The zero-order valence-corrected chi connectivity index (χ0v) is 12.0. The Morgan fingerprint density at radius 1 is 0.889 bits per heavy atom. The van der Waals surface area contributed by atoms with Crippen LogP contribution in [0.15, 0.2) is 12.3 Å². The van der Waals surface area contributed by atoms with Crippen LogP contribution in [0.3, 0.4) is 0 Å². The first-order valence-electron chi connectivity index (χ1n) is 6.66. The molecule has 0 spiro atoms. The SMILES string of the molecule is COCOC=CCCCCCCCC(OC)OC. The highest BCUT2D eigenvalue weighted by Gasteiger charge is 2.03. The second kappa shape index (κ2) is 14.5. The van der Waals surface area contributed by atoms with E-state index in [0.29, 0.717) is 6.79 Å². The van der Waals surface area contributed by atoms with Gasteiger partial charge in [-0.25, -0.2) is 0 Å². The smallest absolute Gasteiger partial charge is 0.187 e. The normalized spacial score (nSPS) is 11.6. The quantitative estimate of drug-likeness (QED) is 0.289. The number of rotatable bonds is 13. The largest absolute Gasteiger partial charge is 0.476 e. The summed E-state index contributed by atoms with van der Waals surface area (Å²) in [6.45, 7) is 0.330. The second-order valence-corrected chi connectivity index (χ2v) is 4.19. The van der Waals surface area contributed by atoms with E-state index in [9.17, 15) is 0 Å². The van der Waals surface area contributed by atoms with Crippen LogP contribution in [0.5, 0.6) is 0 Å². The van der Waals surface area contributed by atoms with Gasteiger partial charge in [0.05, 0.1) is 6.26 Å². The Labute approximate surface area is 111 Å². The first-order valence-corrected chi connectivity index (χ1v) is 6.66. The van der Waals surface area contributed by atoms with Crippen LogP contribution in [0, 0.1) is 0 Å². The maximum Gasteiger partial charge on any atom is 0.187 e. The molecule has 0 aliphatic carbocycles. The fourth-order valence-electron chi connectivity index (χ4n) is 1.68. The average Bonchev–Trinajstić information content (AvgIpc) is 2.40. The Bertz CT molecular complexity index is 179. The van der Waals surface area contributed by atoms with Gasteiger partial charge >= 0.3 is 0 Å². The van der Waals surface area contributed by atoms with E-state index in [1.807, 2.05) is 6.08 Å². The van der Waals surface area contributed by atoms with Crippen LogP contribution in [0.1, 0.15) is 44.9 Å². The summed E-state index contributed by atoms with van der Waals surface area (Å²) in [6, 6.07) is 0. The Kier molecular flexibility index (Phi) is 14.0. The minimum Gasteiger partial charge on any atom is -0.476 e. The Morgan fingerprint density at radius 3 is 2.22 bits per heavy atom. The minimum absolute atomic E-state index is 0.0362. The van der Waals surface area contributed by atoms with Crippen LogP contribution in [-0.2, 0) is 18.9 Å². The molecule has 0 heterocycles. The molecule has 0 aliphatic heterocycles. The molecule has 4 nitrogen and oxygen atoms in total. The van der Waals surface area contributed by atoms with E-state index in [-0.39, 0.29) is 6.29 Å². The van der Waals surface area contributed by atoms with E-state index < -0.39 is 0 Å². The van der Waals surface area contributed by atoms with Crippen molar-refractivity contribution >= 4 is 0 Å². The van der Waals surface area contributed by atoms with Gasteiger partial charge in [0.2, 0.25) is 0 Å². The van der Waals surface area contributed by atoms with Gasteiger partial charge in [-0.05, 0) is 31.8 Å². The lowest BCUT2D eigenvalue weighted by Gasteiger charge is -2.12. The number of ether oxygens (including phenoxy) is 4. The van der Waals surface area contributed by atoms with E-state index in [2.05, 4.69) is 0 Å². The van der Waals surface area contributed by atoms with Crippen molar-refractivity contribution < 1.29 is 18.9 Å².